The van der Waals surface area contributed by atoms with Crippen LogP contribution in [0, 0.1) is 11.3 Å². The van der Waals surface area contributed by atoms with Crippen LogP contribution >= 0.6 is 15.9 Å². The molecule has 0 unspecified atom stereocenters. The van der Waals surface area contributed by atoms with Gasteiger partial charge in [-0.05, 0) is 21.5 Å². The third-order valence-electron chi connectivity index (χ3n) is 1.85. The van der Waals surface area contributed by atoms with E-state index in [9.17, 15) is 13.6 Å². The van der Waals surface area contributed by atoms with E-state index >= 15 is 0 Å². The van der Waals surface area contributed by atoms with Crippen LogP contribution in [0.15, 0.2) is 10.8 Å². The molecule has 0 atom stereocenters. The molecule has 1 aromatic heterocycles. The fourth-order valence-electron chi connectivity index (χ4n) is 1.20. The smallest absolute Gasteiger partial charge is 0.307 e. The second kappa shape index (κ2) is 4.99. The van der Waals surface area contributed by atoms with Crippen molar-refractivity contribution < 1.29 is 18.7 Å². The highest BCUT2D eigenvalue weighted by Crippen LogP contribution is 2.31. The number of pyridine rings is 1. The topological polar surface area (TPSA) is 74.0 Å². The Hall–Kier alpha value is -1.55. The number of nitrogens with zero attached hydrogens (tertiary/aromatic N) is 2. The number of alkyl halides is 2. The number of aliphatic carboxylic acids is 1. The predicted molar refractivity (Wildman–Crippen MR) is 52.9 cm³/mol. The molecular weight excluding hydrogens is 286 g/mol. The Morgan fingerprint density at radius 1 is 1.69 bits per heavy atom. The molecule has 0 aliphatic heterocycles. The lowest BCUT2D eigenvalue weighted by Crippen LogP contribution is -2.08. The van der Waals surface area contributed by atoms with Crippen LogP contribution in [0.25, 0.3) is 0 Å². The van der Waals surface area contributed by atoms with Crippen LogP contribution in [0.1, 0.15) is 23.1 Å². The van der Waals surface area contributed by atoms with Crippen LogP contribution in [0.3, 0.4) is 0 Å². The quantitative estimate of drug-likeness (QED) is 0.867. The Balaban J connectivity index is 3.43. The van der Waals surface area contributed by atoms with Crippen molar-refractivity contribution in [1.29, 1.82) is 5.26 Å². The van der Waals surface area contributed by atoms with Crippen LogP contribution in [0.5, 0.6) is 0 Å². The van der Waals surface area contributed by atoms with Crippen molar-refractivity contribution in [3.05, 3.63) is 27.5 Å². The molecule has 84 valence electrons. The average Bonchev–Trinajstić information content (AvgIpc) is 2.16. The van der Waals surface area contributed by atoms with Crippen molar-refractivity contribution in [2.45, 2.75) is 12.8 Å². The molecule has 0 fully saturated rings. The highest BCUT2D eigenvalue weighted by atomic mass is 79.9. The van der Waals surface area contributed by atoms with Gasteiger partial charge in [0.1, 0.15) is 10.7 Å². The summed E-state index contributed by atoms with van der Waals surface area (Å²) in [6.07, 6.45) is -2.46. The lowest BCUT2D eigenvalue weighted by atomic mass is 10.0. The number of carboxylic acids is 1. The monoisotopic (exact) mass is 290 g/mol. The summed E-state index contributed by atoms with van der Waals surface area (Å²) in [6, 6.07) is 1.64. The maximum atomic E-state index is 12.7. The molecule has 0 bridgehead atoms. The minimum atomic E-state index is -2.88. The zero-order chi connectivity index (χ0) is 12.3. The summed E-state index contributed by atoms with van der Waals surface area (Å²) in [5.41, 5.74) is -0.894. The first-order chi connectivity index (χ1) is 7.47. The summed E-state index contributed by atoms with van der Waals surface area (Å²) in [7, 11) is 0. The van der Waals surface area contributed by atoms with Crippen molar-refractivity contribution >= 4 is 21.9 Å². The summed E-state index contributed by atoms with van der Waals surface area (Å²) in [6.45, 7) is 0. The zero-order valence-electron chi connectivity index (χ0n) is 7.75. The van der Waals surface area contributed by atoms with Crippen LogP contribution in [0.2, 0.25) is 0 Å². The fourth-order valence-corrected chi connectivity index (χ4v) is 1.71. The Morgan fingerprint density at radius 3 is 2.75 bits per heavy atom. The first kappa shape index (κ1) is 12.5. The molecule has 0 amide bonds. The molecule has 7 heteroatoms. The van der Waals surface area contributed by atoms with Gasteiger partial charge in [0.15, 0.2) is 0 Å². The van der Waals surface area contributed by atoms with E-state index in [1.165, 1.54) is 0 Å². The molecular formula is C9H5BrF2N2O2. The van der Waals surface area contributed by atoms with E-state index in [1.54, 1.807) is 6.07 Å². The number of aromatic nitrogens is 1. The molecule has 0 saturated heterocycles. The van der Waals surface area contributed by atoms with Crippen LogP contribution < -0.4 is 0 Å². The van der Waals surface area contributed by atoms with Gasteiger partial charge in [-0.15, -0.1) is 0 Å². The number of rotatable bonds is 3. The molecule has 1 aromatic rings. The van der Waals surface area contributed by atoms with Crippen molar-refractivity contribution in [2.24, 2.45) is 0 Å². The van der Waals surface area contributed by atoms with E-state index in [4.69, 9.17) is 10.4 Å². The number of carboxylic acid groups (broad SMARTS) is 1. The molecule has 0 aromatic carbocycles. The molecule has 4 nitrogen and oxygen atoms in total. The number of hydrogen-bond donors (Lipinski definition) is 1. The summed E-state index contributed by atoms with van der Waals surface area (Å²) in [5, 5.41) is 17.3. The van der Waals surface area contributed by atoms with Crippen LogP contribution in [-0.2, 0) is 11.2 Å². The first-order valence-electron chi connectivity index (χ1n) is 4.04. The van der Waals surface area contributed by atoms with Crippen LogP contribution in [0.4, 0.5) is 8.78 Å². The fraction of sp³-hybridized carbons (Fsp3) is 0.222. The molecule has 0 spiro atoms. The Morgan fingerprint density at radius 2 is 2.31 bits per heavy atom. The van der Waals surface area contributed by atoms with Gasteiger partial charge in [0, 0.05) is 6.20 Å². The van der Waals surface area contributed by atoms with Crippen molar-refractivity contribution in [1.82, 2.24) is 4.98 Å². The minimum absolute atomic E-state index is 0.141. The summed E-state index contributed by atoms with van der Waals surface area (Å²) < 4.78 is 25.2. The first-order valence-corrected chi connectivity index (χ1v) is 4.84. The largest absolute Gasteiger partial charge is 0.481 e. The molecule has 0 saturated carbocycles. The molecule has 1 N–H and O–H groups in total. The third-order valence-corrected chi connectivity index (χ3v) is 2.48. The molecule has 16 heavy (non-hydrogen) atoms. The third kappa shape index (κ3) is 2.52. The van der Waals surface area contributed by atoms with E-state index in [0.29, 0.717) is 0 Å². The SMILES string of the molecule is N#Cc1cnc(Br)c(C(F)F)c1CC(=O)O. The highest BCUT2D eigenvalue weighted by molar-refractivity contribution is 9.10. The Kier molecular flexibility index (Phi) is 3.90. The van der Waals surface area contributed by atoms with Crippen molar-refractivity contribution in [3.63, 3.8) is 0 Å². The lowest BCUT2D eigenvalue weighted by Gasteiger charge is -2.09. The molecule has 0 aliphatic carbocycles. The second-order valence-corrected chi connectivity index (χ2v) is 3.59. The Labute approximate surface area is 97.7 Å². The van der Waals surface area contributed by atoms with Gasteiger partial charge in [-0.1, -0.05) is 0 Å². The lowest BCUT2D eigenvalue weighted by molar-refractivity contribution is -0.136. The standard InChI is InChI=1S/C9H5BrF2N2O2/c10-8-7(9(11)12)5(1-6(15)16)4(2-13)3-14-8/h3,9H,1H2,(H,15,16). The van der Waals surface area contributed by atoms with E-state index in [1.807, 2.05) is 0 Å². The van der Waals surface area contributed by atoms with Gasteiger partial charge in [-0.25, -0.2) is 13.8 Å². The Bertz CT molecular complexity index is 471. The second-order valence-electron chi connectivity index (χ2n) is 2.84. The molecule has 1 heterocycles. The minimum Gasteiger partial charge on any atom is -0.481 e. The zero-order valence-corrected chi connectivity index (χ0v) is 9.33. The van der Waals surface area contributed by atoms with E-state index in [0.717, 1.165) is 6.20 Å². The maximum Gasteiger partial charge on any atom is 0.307 e. The van der Waals surface area contributed by atoms with Gasteiger partial charge in [0.2, 0.25) is 0 Å². The molecule has 1 rings (SSSR count). The predicted octanol–water partition coefficient (Wildman–Crippen LogP) is 2.28. The van der Waals surface area contributed by atoms with E-state index in [-0.39, 0.29) is 15.7 Å². The number of carbonyl (C=O) groups is 1. The number of nitriles is 1. The van der Waals surface area contributed by atoms with Gasteiger partial charge >= 0.3 is 5.97 Å². The maximum absolute atomic E-state index is 12.7. The number of hydrogen-bond acceptors (Lipinski definition) is 3. The van der Waals surface area contributed by atoms with Crippen LogP contribution in [-0.4, -0.2) is 16.1 Å². The van der Waals surface area contributed by atoms with Gasteiger partial charge < -0.3 is 5.11 Å². The summed E-state index contributed by atoms with van der Waals surface area (Å²) in [5.74, 6) is -1.28. The normalized spacial score (nSPS) is 10.2. The van der Waals surface area contributed by atoms with Gasteiger partial charge in [-0.2, -0.15) is 5.26 Å². The van der Waals surface area contributed by atoms with Gasteiger partial charge in [0.05, 0.1) is 17.5 Å². The molecule has 0 aliphatic rings. The molecule has 0 radical (unpaired) electrons. The van der Waals surface area contributed by atoms with Gasteiger partial charge in [-0.3, -0.25) is 4.79 Å². The summed E-state index contributed by atoms with van der Waals surface area (Å²) in [4.78, 5) is 14.1. The summed E-state index contributed by atoms with van der Waals surface area (Å²) >= 11 is 2.81. The van der Waals surface area contributed by atoms with Gasteiger partial charge in [0.25, 0.3) is 6.43 Å². The highest BCUT2D eigenvalue weighted by Gasteiger charge is 2.22. The van der Waals surface area contributed by atoms with E-state index in [2.05, 4.69) is 20.9 Å². The van der Waals surface area contributed by atoms with Crippen molar-refractivity contribution in [3.8, 4) is 6.07 Å². The average molecular weight is 291 g/mol. The van der Waals surface area contributed by atoms with Crippen molar-refractivity contribution in [2.75, 3.05) is 0 Å². The van der Waals surface area contributed by atoms with E-state index < -0.39 is 24.4 Å². The number of halogens is 3.